The number of imidazole rings is 1. The van der Waals surface area contributed by atoms with Gasteiger partial charge in [-0.1, -0.05) is 34.1 Å². The fraction of sp³-hybridized carbons (Fsp3) is 0. The fourth-order valence-electron chi connectivity index (χ4n) is 0.630. The van der Waals surface area contributed by atoms with Gasteiger partial charge in [-0.3, -0.25) is 0 Å². The van der Waals surface area contributed by atoms with Gasteiger partial charge in [0, 0.05) is 16.9 Å². The highest BCUT2D eigenvalue weighted by molar-refractivity contribution is 9.10. The molecule has 2 rings (SSSR count). The molecule has 0 aliphatic heterocycles. The number of nitrogens with zero attached hydrogens (tertiary/aromatic N) is 1. The lowest BCUT2D eigenvalue weighted by Crippen LogP contribution is -1.55. The Morgan fingerprint density at radius 2 is 1.92 bits per heavy atom. The molecular formula is C9H9BrN2. The standard InChI is InChI=1S/C6H5Br.C3H4N2/c7-6-4-2-1-3-5-6;1-2-5-3-4-1/h1-5H;1-3H,(H,4,5). The van der Waals surface area contributed by atoms with Gasteiger partial charge in [-0.15, -0.1) is 0 Å². The van der Waals surface area contributed by atoms with E-state index >= 15 is 0 Å². The van der Waals surface area contributed by atoms with Gasteiger partial charge in [0.2, 0.25) is 0 Å². The molecule has 1 aromatic carbocycles. The molecule has 1 heterocycles. The SMILES string of the molecule is Brc1ccccc1.c1c[nH]cn1. The molecule has 3 heteroatoms. The Morgan fingerprint density at radius 3 is 2.17 bits per heavy atom. The summed E-state index contributed by atoms with van der Waals surface area (Å²) in [4.78, 5) is 6.42. The Hall–Kier alpha value is -1.09. The molecule has 1 aromatic heterocycles. The van der Waals surface area contributed by atoms with Crippen molar-refractivity contribution in [1.82, 2.24) is 9.97 Å². The predicted octanol–water partition coefficient (Wildman–Crippen LogP) is 2.86. The van der Waals surface area contributed by atoms with E-state index in [1.165, 1.54) is 0 Å². The van der Waals surface area contributed by atoms with Crippen LogP contribution >= 0.6 is 15.9 Å². The maximum absolute atomic E-state index is 3.67. The van der Waals surface area contributed by atoms with Gasteiger partial charge in [0.1, 0.15) is 0 Å². The number of rotatable bonds is 0. The Morgan fingerprint density at radius 1 is 1.17 bits per heavy atom. The van der Waals surface area contributed by atoms with Gasteiger partial charge in [0.15, 0.2) is 0 Å². The second-order valence-electron chi connectivity index (χ2n) is 2.06. The van der Waals surface area contributed by atoms with E-state index in [2.05, 4.69) is 25.9 Å². The van der Waals surface area contributed by atoms with E-state index in [0.29, 0.717) is 0 Å². The van der Waals surface area contributed by atoms with Crippen molar-refractivity contribution in [2.24, 2.45) is 0 Å². The lowest BCUT2D eigenvalue weighted by molar-refractivity contribution is 1.31. The molecule has 0 spiro atoms. The lowest BCUT2D eigenvalue weighted by Gasteiger charge is -1.80. The number of aromatic amines is 1. The molecule has 2 nitrogen and oxygen atoms in total. The van der Waals surface area contributed by atoms with Crippen LogP contribution in [0.2, 0.25) is 0 Å². The minimum atomic E-state index is 1.13. The van der Waals surface area contributed by atoms with E-state index in [0.717, 1.165) is 4.47 Å². The van der Waals surface area contributed by atoms with Gasteiger partial charge >= 0.3 is 0 Å². The van der Waals surface area contributed by atoms with Gasteiger partial charge in [-0.2, -0.15) is 0 Å². The number of hydrogen-bond acceptors (Lipinski definition) is 1. The number of hydrogen-bond donors (Lipinski definition) is 1. The van der Waals surface area contributed by atoms with Crippen LogP contribution in [0.15, 0.2) is 53.5 Å². The van der Waals surface area contributed by atoms with Gasteiger partial charge < -0.3 is 4.98 Å². The molecule has 0 saturated heterocycles. The number of aromatic nitrogens is 2. The summed E-state index contributed by atoms with van der Waals surface area (Å²) in [5.41, 5.74) is 0. The maximum Gasteiger partial charge on any atom is 0.0919 e. The summed E-state index contributed by atoms with van der Waals surface area (Å²) in [5, 5.41) is 0. The predicted molar refractivity (Wildman–Crippen MR) is 52.7 cm³/mol. The molecule has 0 bridgehead atoms. The second kappa shape index (κ2) is 5.55. The Kier molecular flexibility index (Phi) is 4.16. The van der Waals surface area contributed by atoms with Gasteiger partial charge in [0.05, 0.1) is 6.33 Å². The zero-order valence-electron chi connectivity index (χ0n) is 6.44. The summed E-state index contributed by atoms with van der Waals surface area (Å²) >= 11 is 3.31. The normalized spacial score (nSPS) is 8.42. The van der Waals surface area contributed by atoms with Gasteiger partial charge in [-0.05, 0) is 12.1 Å². The molecule has 0 unspecified atom stereocenters. The first-order valence-electron chi connectivity index (χ1n) is 3.53. The Labute approximate surface area is 79.8 Å². The molecule has 62 valence electrons. The summed E-state index contributed by atoms with van der Waals surface area (Å²) < 4.78 is 1.13. The molecule has 12 heavy (non-hydrogen) atoms. The van der Waals surface area contributed by atoms with E-state index < -0.39 is 0 Å². The Balaban J connectivity index is 0.000000127. The van der Waals surface area contributed by atoms with Crippen LogP contribution in [-0.4, -0.2) is 9.97 Å². The van der Waals surface area contributed by atoms with Crippen LogP contribution in [0.4, 0.5) is 0 Å². The average Bonchev–Trinajstić information content (AvgIpc) is 2.62. The van der Waals surface area contributed by atoms with Crippen LogP contribution in [-0.2, 0) is 0 Å². The minimum Gasteiger partial charge on any atom is -0.351 e. The van der Waals surface area contributed by atoms with Crippen LogP contribution in [0, 0.1) is 0 Å². The average molecular weight is 225 g/mol. The topological polar surface area (TPSA) is 28.7 Å². The molecule has 0 atom stereocenters. The number of H-pyrrole nitrogens is 1. The third-order valence-electron chi connectivity index (χ3n) is 1.14. The number of benzene rings is 1. The summed E-state index contributed by atoms with van der Waals surface area (Å²) in [7, 11) is 0. The van der Waals surface area contributed by atoms with Crippen molar-refractivity contribution in [3.05, 3.63) is 53.5 Å². The molecule has 0 fully saturated rings. The largest absolute Gasteiger partial charge is 0.351 e. The molecule has 1 N–H and O–H groups in total. The molecule has 0 radical (unpaired) electrons. The van der Waals surface area contributed by atoms with E-state index in [-0.39, 0.29) is 0 Å². The zero-order valence-corrected chi connectivity index (χ0v) is 8.03. The smallest absolute Gasteiger partial charge is 0.0919 e. The highest BCUT2D eigenvalue weighted by Crippen LogP contribution is 2.05. The van der Waals surface area contributed by atoms with Crippen LogP contribution < -0.4 is 0 Å². The third-order valence-corrected chi connectivity index (χ3v) is 1.67. The summed E-state index contributed by atoms with van der Waals surface area (Å²) in [6, 6.07) is 9.97. The monoisotopic (exact) mass is 224 g/mol. The number of nitrogens with one attached hydrogen (secondary N) is 1. The van der Waals surface area contributed by atoms with Crippen molar-refractivity contribution in [2.75, 3.05) is 0 Å². The van der Waals surface area contributed by atoms with Crippen LogP contribution in [0.1, 0.15) is 0 Å². The fourth-order valence-corrected chi connectivity index (χ4v) is 0.935. The quantitative estimate of drug-likeness (QED) is 0.733. The molecule has 0 aliphatic rings. The third kappa shape index (κ3) is 3.93. The molecule has 0 amide bonds. The summed E-state index contributed by atoms with van der Waals surface area (Å²) in [5.74, 6) is 0. The Bertz CT molecular complexity index is 261. The van der Waals surface area contributed by atoms with Crippen molar-refractivity contribution in [1.29, 1.82) is 0 Å². The van der Waals surface area contributed by atoms with E-state index in [1.807, 2.05) is 30.3 Å². The van der Waals surface area contributed by atoms with Crippen LogP contribution in [0.3, 0.4) is 0 Å². The van der Waals surface area contributed by atoms with Crippen molar-refractivity contribution in [3.63, 3.8) is 0 Å². The molecule has 2 aromatic rings. The maximum atomic E-state index is 3.67. The first kappa shape index (κ1) is 9.00. The first-order valence-corrected chi connectivity index (χ1v) is 4.32. The van der Waals surface area contributed by atoms with Crippen molar-refractivity contribution in [2.45, 2.75) is 0 Å². The molecule has 0 saturated carbocycles. The molecule has 0 aliphatic carbocycles. The summed E-state index contributed by atoms with van der Waals surface area (Å²) in [6.45, 7) is 0. The van der Waals surface area contributed by atoms with Crippen molar-refractivity contribution < 1.29 is 0 Å². The van der Waals surface area contributed by atoms with Crippen LogP contribution in [0.5, 0.6) is 0 Å². The first-order chi connectivity index (χ1) is 5.89. The number of halogens is 1. The zero-order chi connectivity index (χ0) is 8.65. The van der Waals surface area contributed by atoms with Gasteiger partial charge in [-0.25, -0.2) is 4.98 Å². The van der Waals surface area contributed by atoms with E-state index in [1.54, 1.807) is 18.7 Å². The minimum absolute atomic E-state index is 1.13. The van der Waals surface area contributed by atoms with E-state index in [9.17, 15) is 0 Å². The lowest BCUT2D eigenvalue weighted by atomic mass is 10.4. The van der Waals surface area contributed by atoms with Crippen molar-refractivity contribution >= 4 is 15.9 Å². The highest BCUT2D eigenvalue weighted by Gasteiger charge is 1.74. The van der Waals surface area contributed by atoms with Crippen LogP contribution in [0.25, 0.3) is 0 Å². The highest BCUT2D eigenvalue weighted by atomic mass is 79.9. The van der Waals surface area contributed by atoms with E-state index in [4.69, 9.17) is 0 Å². The second-order valence-corrected chi connectivity index (χ2v) is 2.97. The van der Waals surface area contributed by atoms with Crippen molar-refractivity contribution in [3.8, 4) is 0 Å². The van der Waals surface area contributed by atoms with Gasteiger partial charge in [0.25, 0.3) is 0 Å². The summed E-state index contributed by atoms with van der Waals surface area (Å²) in [6.07, 6.45) is 5.08. The molecular weight excluding hydrogens is 216 g/mol.